The molecule has 3 heteroatoms. The van der Waals surface area contributed by atoms with Gasteiger partial charge in [0.05, 0.1) is 0 Å². The van der Waals surface area contributed by atoms with Crippen LogP contribution in [0.1, 0.15) is 6.92 Å². The molecule has 2 nitrogen and oxygen atoms in total. The fraction of sp³-hybridized carbons (Fsp3) is 0.100. The van der Waals surface area contributed by atoms with Crippen LogP contribution in [0.15, 0.2) is 28.7 Å². The summed E-state index contributed by atoms with van der Waals surface area (Å²) in [6.45, 7) is 1.63. The fourth-order valence-electron chi connectivity index (χ4n) is 0.842. The summed E-state index contributed by atoms with van der Waals surface area (Å²) in [6.07, 6.45) is 0. The maximum Gasteiger partial charge on any atom is 0.300 e. The zero-order valence-corrected chi connectivity index (χ0v) is 8.68. The number of halogens is 1. The lowest BCUT2D eigenvalue weighted by atomic mass is 10.3. The summed E-state index contributed by atoms with van der Waals surface area (Å²) in [7, 11) is 0. The second-order valence-electron chi connectivity index (χ2n) is 2.34. The fourth-order valence-corrected chi connectivity index (χ4v) is 1.24. The minimum Gasteiger partial charge on any atom is -0.315 e. The predicted octanol–water partition coefficient (Wildman–Crippen LogP) is 2.41. The molecule has 1 amide bonds. The Morgan fingerprint density at radius 1 is 1.54 bits per heavy atom. The van der Waals surface area contributed by atoms with Gasteiger partial charge in [0, 0.05) is 10.2 Å². The minimum absolute atomic E-state index is 0.291. The number of carbonyl (C=O) groups is 1. The molecule has 0 saturated heterocycles. The molecule has 0 fully saturated rings. The van der Waals surface area contributed by atoms with Crippen LogP contribution in [0.5, 0.6) is 0 Å². The largest absolute Gasteiger partial charge is 0.315 e. The molecule has 1 rings (SSSR count). The standard InChI is InChI=1S/C10H8BrNO/c1-2-4-10(13)12-9-6-3-5-8(11)7-9/h3,5-7H,1H3,(H,12,13). The third-order valence-electron chi connectivity index (χ3n) is 1.32. The number of hydrogen-bond donors (Lipinski definition) is 1. The molecular weight excluding hydrogens is 230 g/mol. The van der Waals surface area contributed by atoms with Crippen molar-refractivity contribution < 1.29 is 4.79 Å². The molecule has 1 N–H and O–H groups in total. The van der Waals surface area contributed by atoms with Crippen LogP contribution >= 0.6 is 15.9 Å². The number of hydrogen-bond acceptors (Lipinski definition) is 1. The van der Waals surface area contributed by atoms with E-state index >= 15 is 0 Å². The van der Waals surface area contributed by atoms with Crippen LogP contribution in [0, 0.1) is 11.8 Å². The number of amides is 1. The Hall–Kier alpha value is -1.27. The maximum absolute atomic E-state index is 11.0. The summed E-state index contributed by atoms with van der Waals surface area (Å²) in [5, 5.41) is 2.64. The van der Waals surface area contributed by atoms with Gasteiger partial charge >= 0.3 is 0 Å². The Morgan fingerprint density at radius 3 is 2.92 bits per heavy atom. The van der Waals surface area contributed by atoms with Crippen LogP contribution in [-0.2, 0) is 4.79 Å². The summed E-state index contributed by atoms with van der Waals surface area (Å²) < 4.78 is 0.926. The van der Waals surface area contributed by atoms with Crippen molar-refractivity contribution in [2.45, 2.75) is 6.92 Å². The Labute approximate surface area is 85.5 Å². The highest BCUT2D eigenvalue weighted by atomic mass is 79.9. The van der Waals surface area contributed by atoms with Gasteiger partial charge in [-0.3, -0.25) is 4.79 Å². The molecule has 1 aromatic rings. The number of benzene rings is 1. The van der Waals surface area contributed by atoms with E-state index in [1.807, 2.05) is 18.2 Å². The number of carbonyl (C=O) groups excluding carboxylic acids is 1. The highest BCUT2D eigenvalue weighted by Crippen LogP contribution is 2.15. The SMILES string of the molecule is CC#CC(=O)Nc1cccc(Br)c1. The highest BCUT2D eigenvalue weighted by Gasteiger charge is 1.96. The lowest BCUT2D eigenvalue weighted by Gasteiger charge is -2.00. The molecule has 0 radical (unpaired) electrons. The van der Waals surface area contributed by atoms with E-state index in [-0.39, 0.29) is 5.91 Å². The van der Waals surface area contributed by atoms with E-state index in [9.17, 15) is 4.79 Å². The third-order valence-corrected chi connectivity index (χ3v) is 1.81. The van der Waals surface area contributed by atoms with Crippen molar-refractivity contribution >= 4 is 27.5 Å². The van der Waals surface area contributed by atoms with Gasteiger partial charge in [0.2, 0.25) is 0 Å². The molecule has 66 valence electrons. The van der Waals surface area contributed by atoms with Gasteiger partial charge in [0.1, 0.15) is 0 Å². The highest BCUT2D eigenvalue weighted by molar-refractivity contribution is 9.10. The second kappa shape index (κ2) is 4.68. The summed E-state index contributed by atoms with van der Waals surface area (Å²) in [6, 6.07) is 7.36. The molecule has 0 aromatic heterocycles. The molecule has 0 aliphatic rings. The number of nitrogens with one attached hydrogen (secondary N) is 1. The van der Waals surface area contributed by atoms with E-state index < -0.39 is 0 Å². The zero-order chi connectivity index (χ0) is 9.68. The monoisotopic (exact) mass is 237 g/mol. The Bertz CT molecular complexity index is 376. The van der Waals surface area contributed by atoms with Gasteiger partial charge in [-0.05, 0) is 31.0 Å². The van der Waals surface area contributed by atoms with Gasteiger partial charge < -0.3 is 5.32 Å². The topological polar surface area (TPSA) is 29.1 Å². The Morgan fingerprint density at radius 2 is 2.31 bits per heavy atom. The average Bonchev–Trinajstić information content (AvgIpc) is 2.04. The lowest BCUT2D eigenvalue weighted by molar-refractivity contribution is -0.111. The summed E-state index contributed by atoms with van der Waals surface area (Å²) in [5.41, 5.74) is 0.738. The zero-order valence-electron chi connectivity index (χ0n) is 7.10. The van der Waals surface area contributed by atoms with Gasteiger partial charge in [-0.25, -0.2) is 0 Å². The molecule has 0 aliphatic carbocycles. The smallest absolute Gasteiger partial charge is 0.300 e. The Balaban J connectivity index is 2.73. The quantitative estimate of drug-likeness (QED) is 0.748. The van der Waals surface area contributed by atoms with Crippen LogP contribution in [0.25, 0.3) is 0 Å². The van der Waals surface area contributed by atoms with E-state index in [0.29, 0.717) is 0 Å². The van der Waals surface area contributed by atoms with Crippen molar-refractivity contribution in [1.82, 2.24) is 0 Å². The van der Waals surface area contributed by atoms with Gasteiger partial charge in [-0.2, -0.15) is 0 Å². The summed E-state index contributed by atoms with van der Waals surface area (Å²) in [4.78, 5) is 11.0. The van der Waals surface area contributed by atoms with E-state index in [1.165, 1.54) is 0 Å². The molecule has 13 heavy (non-hydrogen) atoms. The average molecular weight is 238 g/mol. The van der Waals surface area contributed by atoms with Crippen LogP contribution < -0.4 is 5.32 Å². The van der Waals surface area contributed by atoms with Gasteiger partial charge in [0.25, 0.3) is 5.91 Å². The normalized spacial score (nSPS) is 8.46. The van der Waals surface area contributed by atoms with Gasteiger partial charge in [-0.1, -0.05) is 27.9 Å². The predicted molar refractivity (Wildman–Crippen MR) is 56.2 cm³/mol. The van der Waals surface area contributed by atoms with Crippen LogP contribution in [-0.4, -0.2) is 5.91 Å². The molecule has 0 bridgehead atoms. The van der Waals surface area contributed by atoms with E-state index in [0.717, 1.165) is 10.2 Å². The number of rotatable bonds is 1. The van der Waals surface area contributed by atoms with Crippen LogP contribution in [0.2, 0.25) is 0 Å². The minimum atomic E-state index is -0.291. The van der Waals surface area contributed by atoms with E-state index in [4.69, 9.17) is 0 Å². The lowest BCUT2D eigenvalue weighted by Crippen LogP contribution is -2.07. The van der Waals surface area contributed by atoms with E-state index in [1.54, 1.807) is 13.0 Å². The molecule has 0 atom stereocenters. The van der Waals surface area contributed by atoms with E-state index in [2.05, 4.69) is 33.1 Å². The molecular formula is C10H8BrNO. The molecule has 0 spiro atoms. The van der Waals surface area contributed by atoms with Gasteiger partial charge in [-0.15, -0.1) is 0 Å². The third kappa shape index (κ3) is 3.30. The first kappa shape index (κ1) is 9.82. The first-order valence-electron chi connectivity index (χ1n) is 3.71. The first-order chi connectivity index (χ1) is 6.22. The maximum atomic E-state index is 11.0. The molecule has 0 heterocycles. The van der Waals surface area contributed by atoms with Crippen LogP contribution in [0.4, 0.5) is 5.69 Å². The molecule has 0 saturated carbocycles. The van der Waals surface area contributed by atoms with Crippen molar-refractivity contribution in [3.8, 4) is 11.8 Å². The number of anilines is 1. The summed E-state index contributed by atoms with van der Waals surface area (Å²) in [5.74, 6) is 4.64. The first-order valence-corrected chi connectivity index (χ1v) is 4.51. The summed E-state index contributed by atoms with van der Waals surface area (Å²) >= 11 is 3.30. The molecule has 1 aromatic carbocycles. The van der Waals surface area contributed by atoms with Crippen molar-refractivity contribution in [3.05, 3.63) is 28.7 Å². The second-order valence-corrected chi connectivity index (χ2v) is 3.26. The Kier molecular flexibility index (Phi) is 3.53. The molecule has 0 aliphatic heterocycles. The van der Waals surface area contributed by atoms with Crippen molar-refractivity contribution in [2.75, 3.05) is 5.32 Å². The van der Waals surface area contributed by atoms with Gasteiger partial charge in [0.15, 0.2) is 0 Å². The van der Waals surface area contributed by atoms with Crippen molar-refractivity contribution in [2.24, 2.45) is 0 Å². The van der Waals surface area contributed by atoms with Crippen molar-refractivity contribution in [3.63, 3.8) is 0 Å². The molecule has 0 unspecified atom stereocenters. The van der Waals surface area contributed by atoms with Crippen molar-refractivity contribution in [1.29, 1.82) is 0 Å². The van der Waals surface area contributed by atoms with Crippen LogP contribution in [0.3, 0.4) is 0 Å².